The number of anilines is 1. The van der Waals surface area contributed by atoms with Gasteiger partial charge in [0.15, 0.2) is 11.5 Å². The highest BCUT2D eigenvalue weighted by Gasteiger charge is 2.20. The van der Waals surface area contributed by atoms with Crippen molar-refractivity contribution in [2.24, 2.45) is 0 Å². The first-order valence-corrected chi connectivity index (χ1v) is 11.2. The van der Waals surface area contributed by atoms with E-state index in [1.165, 1.54) is 21.3 Å². The first kappa shape index (κ1) is 24.1. The fourth-order valence-corrected chi connectivity index (χ4v) is 3.98. The highest BCUT2D eigenvalue weighted by molar-refractivity contribution is 9.10. The summed E-state index contributed by atoms with van der Waals surface area (Å²) in [5.41, 5.74) is 2.15. The van der Waals surface area contributed by atoms with Crippen molar-refractivity contribution in [3.05, 3.63) is 64.6 Å². The molecule has 0 saturated heterocycles. The van der Waals surface area contributed by atoms with Crippen LogP contribution in [0.4, 0.5) is 5.69 Å². The van der Waals surface area contributed by atoms with Gasteiger partial charge in [-0.25, -0.2) is 0 Å². The van der Waals surface area contributed by atoms with Gasteiger partial charge in [0.25, 0.3) is 11.8 Å². The smallest absolute Gasteiger partial charge is 0.260 e. The summed E-state index contributed by atoms with van der Waals surface area (Å²) in [6, 6.07) is 15.7. The summed E-state index contributed by atoms with van der Waals surface area (Å²) in [4.78, 5) is 17.4. The van der Waals surface area contributed by atoms with Crippen molar-refractivity contribution in [1.29, 1.82) is 0 Å². The lowest BCUT2D eigenvalue weighted by Gasteiger charge is -2.12. The summed E-state index contributed by atoms with van der Waals surface area (Å²) in [6.07, 6.45) is 0. The predicted molar refractivity (Wildman–Crippen MR) is 133 cm³/mol. The van der Waals surface area contributed by atoms with Gasteiger partial charge < -0.3 is 28.8 Å². The van der Waals surface area contributed by atoms with Crippen LogP contribution in [0.25, 0.3) is 22.8 Å². The Morgan fingerprint density at radius 2 is 1.57 bits per heavy atom. The summed E-state index contributed by atoms with van der Waals surface area (Å²) < 4.78 is 27.6. The maximum Gasteiger partial charge on any atom is 0.260 e. The molecule has 1 aromatic heterocycles. The topological polar surface area (TPSA) is 105 Å². The molecule has 1 amide bonds. The van der Waals surface area contributed by atoms with Crippen LogP contribution < -0.4 is 24.3 Å². The molecule has 9 nitrogen and oxygen atoms in total. The Morgan fingerprint density at radius 3 is 2.20 bits per heavy atom. The molecule has 1 heterocycles. The van der Waals surface area contributed by atoms with E-state index >= 15 is 0 Å². The van der Waals surface area contributed by atoms with E-state index in [0.29, 0.717) is 55.7 Å². The van der Waals surface area contributed by atoms with Gasteiger partial charge in [-0.2, -0.15) is 4.98 Å². The zero-order chi connectivity index (χ0) is 24.9. The number of para-hydroxylation sites is 1. The number of nitrogens with zero attached hydrogens (tertiary/aromatic N) is 2. The molecule has 4 rings (SSSR count). The molecular weight excluding hydrogens is 518 g/mol. The van der Waals surface area contributed by atoms with E-state index in [2.05, 4.69) is 31.4 Å². The Kier molecular flexibility index (Phi) is 7.21. The molecule has 0 aliphatic heterocycles. The van der Waals surface area contributed by atoms with Crippen LogP contribution in [0.5, 0.6) is 23.0 Å². The van der Waals surface area contributed by atoms with E-state index in [-0.39, 0.29) is 11.8 Å². The van der Waals surface area contributed by atoms with E-state index in [9.17, 15) is 4.79 Å². The Morgan fingerprint density at radius 1 is 0.886 bits per heavy atom. The molecule has 0 radical (unpaired) electrons. The first-order valence-electron chi connectivity index (χ1n) is 10.4. The van der Waals surface area contributed by atoms with Crippen LogP contribution in [0.15, 0.2) is 63.6 Å². The van der Waals surface area contributed by atoms with Crippen LogP contribution in [0, 0.1) is 0 Å². The molecule has 3 aromatic carbocycles. The van der Waals surface area contributed by atoms with Gasteiger partial charge in [0, 0.05) is 11.1 Å². The van der Waals surface area contributed by atoms with E-state index in [1.54, 1.807) is 55.6 Å². The Labute approximate surface area is 210 Å². The molecule has 0 bridgehead atoms. The van der Waals surface area contributed by atoms with E-state index in [4.69, 9.17) is 23.5 Å². The van der Waals surface area contributed by atoms with E-state index in [0.717, 1.165) is 0 Å². The molecule has 0 aliphatic carbocycles. The van der Waals surface area contributed by atoms with Crippen molar-refractivity contribution in [1.82, 2.24) is 10.1 Å². The van der Waals surface area contributed by atoms with Gasteiger partial charge in [-0.1, -0.05) is 17.3 Å². The average molecular weight is 540 g/mol. The second kappa shape index (κ2) is 10.5. The maximum absolute atomic E-state index is 12.9. The number of aromatic nitrogens is 2. The number of carbonyl (C=O) groups is 1. The SMILES string of the molecule is COc1ccc(C(=O)Nc2ccccc2-c2nc(-c3cc(OC)c(OC)c(OC)c3)no2)cc1Br. The number of ether oxygens (including phenoxy) is 4. The third-order valence-electron chi connectivity index (χ3n) is 5.17. The second-order valence-corrected chi connectivity index (χ2v) is 8.04. The minimum absolute atomic E-state index is 0.237. The largest absolute Gasteiger partial charge is 0.496 e. The number of halogens is 1. The van der Waals surface area contributed by atoms with Gasteiger partial charge in [0.1, 0.15) is 5.75 Å². The third kappa shape index (κ3) is 4.92. The van der Waals surface area contributed by atoms with Crippen molar-refractivity contribution in [2.45, 2.75) is 0 Å². The van der Waals surface area contributed by atoms with Gasteiger partial charge in [0.05, 0.1) is 44.2 Å². The lowest BCUT2D eigenvalue weighted by molar-refractivity contribution is 0.102. The molecule has 1 N–H and O–H groups in total. The molecular formula is C25H22BrN3O6. The fraction of sp³-hybridized carbons (Fsp3) is 0.160. The number of amides is 1. The van der Waals surface area contributed by atoms with Crippen LogP contribution in [0.1, 0.15) is 10.4 Å². The lowest BCUT2D eigenvalue weighted by atomic mass is 10.1. The van der Waals surface area contributed by atoms with Crippen LogP contribution in [-0.4, -0.2) is 44.5 Å². The number of carbonyl (C=O) groups excluding carboxylic acids is 1. The molecule has 180 valence electrons. The van der Waals surface area contributed by atoms with Gasteiger partial charge in [-0.3, -0.25) is 4.79 Å². The highest BCUT2D eigenvalue weighted by Crippen LogP contribution is 2.41. The second-order valence-electron chi connectivity index (χ2n) is 7.19. The van der Waals surface area contributed by atoms with E-state index < -0.39 is 0 Å². The number of nitrogens with one attached hydrogen (secondary N) is 1. The minimum Gasteiger partial charge on any atom is -0.496 e. The van der Waals surface area contributed by atoms with Crippen molar-refractivity contribution in [3.8, 4) is 45.8 Å². The number of rotatable bonds is 8. The van der Waals surface area contributed by atoms with Gasteiger partial charge in [0.2, 0.25) is 11.6 Å². The molecule has 10 heteroatoms. The maximum atomic E-state index is 12.9. The lowest BCUT2D eigenvalue weighted by Crippen LogP contribution is -2.12. The fourth-order valence-electron chi connectivity index (χ4n) is 3.44. The number of methoxy groups -OCH3 is 4. The Balaban J connectivity index is 1.65. The van der Waals surface area contributed by atoms with Gasteiger partial charge in [-0.15, -0.1) is 0 Å². The molecule has 0 unspecified atom stereocenters. The molecule has 0 saturated carbocycles. The first-order chi connectivity index (χ1) is 17.0. The van der Waals surface area contributed by atoms with Gasteiger partial charge in [-0.05, 0) is 58.4 Å². The zero-order valence-corrected chi connectivity index (χ0v) is 21.0. The highest BCUT2D eigenvalue weighted by atomic mass is 79.9. The normalized spacial score (nSPS) is 10.5. The summed E-state index contributed by atoms with van der Waals surface area (Å²) in [5.74, 6) is 2.27. The summed E-state index contributed by atoms with van der Waals surface area (Å²) in [6.45, 7) is 0. The molecule has 35 heavy (non-hydrogen) atoms. The van der Waals surface area contributed by atoms with Crippen LogP contribution in [0.2, 0.25) is 0 Å². The average Bonchev–Trinajstić information content (AvgIpc) is 3.38. The molecule has 0 fully saturated rings. The Bertz CT molecular complexity index is 1350. The van der Waals surface area contributed by atoms with Crippen LogP contribution in [0.3, 0.4) is 0 Å². The quantitative estimate of drug-likeness (QED) is 0.315. The number of hydrogen-bond acceptors (Lipinski definition) is 8. The monoisotopic (exact) mass is 539 g/mol. The molecule has 4 aromatic rings. The van der Waals surface area contributed by atoms with Gasteiger partial charge >= 0.3 is 0 Å². The Hall–Kier alpha value is -4.05. The number of hydrogen-bond donors (Lipinski definition) is 1. The summed E-state index contributed by atoms with van der Waals surface area (Å²) >= 11 is 3.40. The predicted octanol–water partition coefficient (Wildman–Crippen LogP) is 5.45. The van der Waals surface area contributed by atoms with Crippen molar-refractivity contribution in [3.63, 3.8) is 0 Å². The molecule has 0 aliphatic rings. The summed E-state index contributed by atoms with van der Waals surface area (Å²) in [7, 11) is 6.15. The minimum atomic E-state index is -0.301. The van der Waals surface area contributed by atoms with Crippen molar-refractivity contribution in [2.75, 3.05) is 33.8 Å². The zero-order valence-electron chi connectivity index (χ0n) is 19.4. The van der Waals surface area contributed by atoms with E-state index in [1.807, 2.05) is 6.07 Å². The van der Waals surface area contributed by atoms with Crippen LogP contribution >= 0.6 is 15.9 Å². The summed E-state index contributed by atoms with van der Waals surface area (Å²) in [5, 5.41) is 7.01. The van der Waals surface area contributed by atoms with Crippen molar-refractivity contribution >= 4 is 27.5 Å². The van der Waals surface area contributed by atoms with Crippen molar-refractivity contribution < 1.29 is 28.3 Å². The van der Waals surface area contributed by atoms with Crippen LogP contribution in [-0.2, 0) is 0 Å². The third-order valence-corrected chi connectivity index (χ3v) is 5.79. The molecule has 0 spiro atoms. The molecule has 0 atom stereocenters. The number of benzene rings is 3. The standard InChI is InChI=1S/C25H22BrN3O6/c1-31-19-10-9-14(11-17(19)26)24(30)27-18-8-6-5-7-16(18)25-28-23(29-35-25)15-12-20(32-2)22(34-4)21(13-15)33-3/h5-13H,1-4H3,(H,27,30).